The zero-order valence-electron chi connectivity index (χ0n) is 16.2. The molecule has 3 heterocycles. The van der Waals surface area contributed by atoms with E-state index < -0.39 is 0 Å². The quantitative estimate of drug-likeness (QED) is 0.582. The van der Waals surface area contributed by atoms with Crippen LogP contribution in [0, 0.1) is 5.92 Å². The van der Waals surface area contributed by atoms with E-state index in [1.807, 2.05) is 23.6 Å². The van der Waals surface area contributed by atoms with Crippen molar-refractivity contribution in [2.45, 2.75) is 31.5 Å². The molecule has 5 heteroatoms. The lowest BCUT2D eigenvalue weighted by Crippen LogP contribution is -2.42. The maximum absolute atomic E-state index is 12.7. The van der Waals surface area contributed by atoms with E-state index in [1.54, 1.807) is 11.3 Å². The van der Waals surface area contributed by atoms with Crippen LogP contribution in [0.3, 0.4) is 0 Å². The van der Waals surface area contributed by atoms with Gasteiger partial charge in [-0.3, -0.25) is 4.79 Å². The molecule has 3 N–H and O–H groups in total. The first-order valence-corrected chi connectivity index (χ1v) is 11.2. The molecule has 2 aromatic carbocycles. The summed E-state index contributed by atoms with van der Waals surface area (Å²) in [6.45, 7) is 1.60. The summed E-state index contributed by atoms with van der Waals surface area (Å²) >= 11 is 1.66. The number of carbonyl (C=O) groups is 1. The Morgan fingerprint density at radius 2 is 1.97 bits per heavy atom. The number of fused-ring (bicyclic) bond motifs is 3. The summed E-state index contributed by atoms with van der Waals surface area (Å²) in [6, 6.07) is 21.4. The van der Waals surface area contributed by atoms with Gasteiger partial charge in [0.1, 0.15) is 0 Å². The fourth-order valence-corrected chi connectivity index (χ4v) is 5.30. The molecule has 1 aromatic heterocycles. The van der Waals surface area contributed by atoms with Crippen molar-refractivity contribution in [3.8, 4) is 0 Å². The van der Waals surface area contributed by atoms with Crippen LogP contribution in [0.15, 0.2) is 66.0 Å². The number of amides is 1. The summed E-state index contributed by atoms with van der Waals surface area (Å²) in [4.78, 5) is 13.9. The Balaban J connectivity index is 1.42. The number of rotatable bonds is 4. The number of benzene rings is 2. The van der Waals surface area contributed by atoms with E-state index in [4.69, 9.17) is 0 Å². The van der Waals surface area contributed by atoms with Crippen LogP contribution in [0.4, 0.5) is 5.69 Å². The number of carbonyl (C=O) groups excluding carboxylic acids is 1. The molecule has 2 aliphatic heterocycles. The first-order chi connectivity index (χ1) is 14.3. The summed E-state index contributed by atoms with van der Waals surface area (Å²) in [5.41, 5.74) is 4.40. The molecule has 2 aliphatic rings. The largest absolute Gasteiger partial charge is 0.378 e. The lowest BCUT2D eigenvalue weighted by Gasteiger charge is -2.44. The minimum Gasteiger partial charge on any atom is -0.378 e. The average Bonchev–Trinajstić information content (AvgIpc) is 3.31. The average molecular weight is 404 g/mol. The Morgan fingerprint density at radius 1 is 1.07 bits per heavy atom. The first kappa shape index (κ1) is 18.4. The number of piperidine rings is 1. The molecular formula is C24H25N3OS. The summed E-state index contributed by atoms with van der Waals surface area (Å²) in [5.74, 6) is 0.460. The number of nitrogens with one attached hydrogen (secondary N) is 3. The smallest absolute Gasteiger partial charge is 0.251 e. The van der Waals surface area contributed by atoms with Crippen LogP contribution < -0.4 is 16.0 Å². The molecule has 3 aromatic rings. The Morgan fingerprint density at radius 3 is 2.79 bits per heavy atom. The van der Waals surface area contributed by atoms with Gasteiger partial charge < -0.3 is 16.0 Å². The third-order valence-electron chi connectivity index (χ3n) is 6.06. The fraction of sp³-hybridized carbons (Fsp3) is 0.292. The van der Waals surface area contributed by atoms with Crippen LogP contribution in [0.2, 0.25) is 0 Å². The summed E-state index contributed by atoms with van der Waals surface area (Å²) in [6.07, 6.45) is 2.36. The van der Waals surface area contributed by atoms with Crippen LogP contribution in [0.5, 0.6) is 0 Å². The van der Waals surface area contributed by atoms with Crippen molar-refractivity contribution in [1.29, 1.82) is 0 Å². The molecule has 148 valence electrons. The molecular weight excluding hydrogens is 378 g/mol. The highest BCUT2D eigenvalue weighted by Gasteiger charge is 2.38. The van der Waals surface area contributed by atoms with Crippen molar-refractivity contribution >= 4 is 22.9 Å². The van der Waals surface area contributed by atoms with Gasteiger partial charge in [0.05, 0.1) is 12.6 Å². The molecule has 5 rings (SSSR count). The predicted molar refractivity (Wildman–Crippen MR) is 118 cm³/mol. The highest BCUT2D eigenvalue weighted by molar-refractivity contribution is 7.09. The topological polar surface area (TPSA) is 53.2 Å². The summed E-state index contributed by atoms with van der Waals surface area (Å²) < 4.78 is 0. The Hall–Kier alpha value is -2.63. The zero-order chi connectivity index (χ0) is 19.6. The Bertz CT molecular complexity index is 987. The second-order valence-electron chi connectivity index (χ2n) is 7.83. The minimum atomic E-state index is -0.0151. The molecule has 4 nitrogen and oxygen atoms in total. The molecule has 1 amide bonds. The molecule has 0 saturated carbocycles. The highest BCUT2D eigenvalue weighted by atomic mass is 32.1. The van der Waals surface area contributed by atoms with E-state index in [-0.39, 0.29) is 11.9 Å². The molecule has 0 aliphatic carbocycles. The molecule has 0 bridgehead atoms. The van der Waals surface area contributed by atoms with Gasteiger partial charge in [0.15, 0.2) is 0 Å². The van der Waals surface area contributed by atoms with Crippen molar-refractivity contribution in [3.05, 3.63) is 87.6 Å². The minimum absolute atomic E-state index is 0.0151. The van der Waals surface area contributed by atoms with E-state index in [2.05, 4.69) is 58.4 Å². The lowest BCUT2D eigenvalue weighted by atomic mass is 9.75. The number of hydrogen-bond donors (Lipinski definition) is 3. The normalized spacial score (nSPS) is 22.8. The maximum Gasteiger partial charge on any atom is 0.251 e. The summed E-state index contributed by atoms with van der Waals surface area (Å²) in [5, 5.41) is 12.6. The van der Waals surface area contributed by atoms with Crippen molar-refractivity contribution in [1.82, 2.24) is 10.6 Å². The molecule has 1 saturated heterocycles. The number of thiophene rings is 1. The van der Waals surface area contributed by atoms with Crippen LogP contribution in [-0.4, -0.2) is 12.5 Å². The van der Waals surface area contributed by atoms with E-state index in [0.717, 1.165) is 22.7 Å². The first-order valence-electron chi connectivity index (χ1n) is 10.3. The molecule has 1 fully saturated rings. The Labute approximate surface area is 175 Å². The van der Waals surface area contributed by atoms with Gasteiger partial charge in [-0.1, -0.05) is 36.4 Å². The predicted octanol–water partition coefficient (Wildman–Crippen LogP) is 4.89. The second kappa shape index (κ2) is 8.01. The fourth-order valence-electron chi connectivity index (χ4n) is 4.65. The third-order valence-corrected chi connectivity index (χ3v) is 6.93. The van der Waals surface area contributed by atoms with Gasteiger partial charge in [-0.25, -0.2) is 0 Å². The molecule has 0 radical (unpaired) electrons. The number of hydrogen-bond acceptors (Lipinski definition) is 4. The summed E-state index contributed by atoms with van der Waals surface area (Å²) in [7, 11) is 0. The van der Waals surface area contributed by atoms with Crippen LogP contribution in [0.25, 0.3) is 0 Å². The van der Waals surface area contributed by atoms with E-state index in [0.29, 0.717) is 18.5 Å². The van der Waals surface area contributed by atoms with Gasteiger partial charge in [0.2, 0.25) is 0 Å². The highest BCUT2D eigenvalue weighted by Crippen LogP contribution is 2.46. The number of anilines is 1. The zero-order valence-corrected chi connectivity index (χ0v) is 17.0. The molecule has 0 spiro atoms. The lowest BCUT2D eigenvalue weighted by molar-refractivity contribution is 0.0951. The van der Waals surface area contributed by atoms with Gasteiger partial charge in [0.25, 0.3) is 5.91 Å². The van der Waals surface area contributed by atoms with Gasteiger partial charge >= 0.3 is 0 Å². The van der Waals surface area contributed by atoms with Crippen molar-refractivity contribution in [3.63, 3.8) is 0 Å². The Kier molecular flexibility index (Phi) is 5.08. The molecule has 29 heavy (non-hydrogen) atoms. The SMILES string of the molecule is O=C(NCc1cccs1)c1ccc2c(c1)[C@H]1NCCC[C@H]1C(c1ccccc1)N2. The van der Waals surface area contributed by atoms with Gasteiger partial charge in [0, 0.05) is 28.1 Å². The van der Waals surface area contributed by atoms with Crippen LogP contribution >= 0.6 is 11.3 Å². The molecule has 3 atom stereocenters. The van der Waals surface area contributed by atoms with Crippen LogP contribution in [0.1, 0.15) is 51.3 Å². The maximum atomic E-state index is 12.7. The standard InChI is InChI=1S/C24H25N3OS/c28-24(26-15-18-8-5-13-29-18)17-10-11-21-20(14-17)23-19(9-4-12-25-23)22(27-21)16-6-2-1-3-7-16/h1-3,5-8,10-11,13-14,19,22-23,25,27H,4,9,12,15H2,(H,26,28)/t19-,22?,23-/m0/s1. The third kappa shape index (κ3) is 3.68. The molecule has 1 unspecified atom stereocenters. The van der Waals surface area contributed by atoms with E-state index in [1.165, 1.54) is 24.0 Å². The van der Waals surface area contributed by atoms with Gasteiger partial charge in [-0.15, -0.1) is 11.3 Å². The van der Waals surface area contributed by atoms with Crippen molar-refractivity contribution < 1.29 is 4.79 Å². The van der Waals surface area contributed by atoms with Crippen molar-refractivity contribution in [2.75, 3.05) is 11.9 Å². The van der Waals surface area contributed by atoms with Crippen LogP contribution in [-0.2, 0) is 6.54 Å². The van der Waals surface area contributed by atoms with Gasteiger partial charge in [-0.2, -0.15) is 0 Å². The van der Waals surface area contributed by atoms with Crippen molar-refractivity contribution in [2.24, 2.45) is 5.92 Å². The van der Waals surface area contributed by atoms with E-state index in [9.17, 15) is 4.79 Å². The van der Waals surface area contributed by atoms with E-state index >= 15 is 0 Å². The monoisotopic (exact) mass is 403 g/mol. The second-order valence-corrected chi connectivity index (χ2v) is 8.87. The van der Waals surface area contributed by atoms with Gasteiger partial charge in [-0.05, 0) is 60.2 Å².